The van der Waals surface area contributed by atoms with Crippen molar-refractivity contribution in [2.24, 2.45) is 11.1 Å². The fourth-order valence-electron chi connectivity index (χ4n) is 1.32. The van der Waals surface area contributed by atoms with Crippen molar-refractivity contribution >= 4 is 20.9 Å². The lowest BCUT2D eigenvalue weighted by Crippen LogP contribution is -2.38. The smallest absolute Gasteiger partial charge is 0.305 e. The van der Waals surface area contributed by atoms with E-state index >= 15 is 0 Å². The second-order valence-corrected chi connectivity index (χ2v) is 7.20. The minimum Gasteiger partial charge on any atom is -0.481 e. The highest BCUT2D eigenvalue weighted by atomic mass is 32.2. The summed E-state index contributed by atoms with van der Waals surface area (Å²) in [5, 5.41) is 7.22. The molecule has 0 fully saturated rings. The van der Waals surface area contributed by atoms with Gasteiger partial charge >= 0.3 is 5.97 Å². The fourth-order valence-corrected chi connectivity index (χ4v) is 2.62. The lowest BCUT2D eigenvalue weighted by molar-refractivity contribution is -0.138. The zero-order valence-electron chi connectivity index (χ0n) is 10.9. The topological polar surface area (TPSA) is 115 Å². The van der Waals surface area contributed by atoms with Gasteiger partial charge in [0.25, 0.3) is 5.12 Å². The van der Waals surface area contributed by atoms with Crippen LogP contribution in [-0.2, 0) is 19.4 Å². The minimum absolute atomic E-state index is 0.110. The van der Waals surface area contributed by atoms with Crippen molar-refractivity contribution < 1.29 is 23.1 Å². The van der Waals surface area contributed by atoms with Crippen molar-refractivity contribution in [2.75, 3.05) is 0 Å². The number of carbonyl (C=O) groups is 2. The quantitative estimate of drug-likeness (QED) is 0.781. The first-order chi connectivity index (χ1) is 7.88. The summed E-state index contributed by atoms with van der Waals surface area (Å²) in [7, 11) is -4.18. The van der Waals surface area contributed by atoms with Gasteiger partial charge < -0.3 is 10.8 Å². The zero-order chi connectivity index (χ0) is 14.7. The Hall–Kier alpha value is -1.21. The molecule has 0 radical (unpaired) electrons. The Morgan fingerprint density at radius 1 is 1.33 bits per heavy atom. The third-order valence-corrected chi connectivity index (χ3v) is 3.82. The number of rotatable bonds is 4. The third-order valence-electron chi connectivity index (χ3n) is 2.02. The van der Waals surface area contributed by atoms with Crippen LogP contribution in [0.15, 0.2) is 11.0 Å². The van der Waals surface area contributed by atoms with E-state index < -0.39 is 38.8 Å². The van der Waals surface area contributed by atoms with Crippen molar-refractivity contribution in [3.63, 3.8) is 0 Å². The van der Waals surface area contributed by atoms with E-state index in [9.17, 15) is 18.0 Å². The van der Waals surface area contributed by atoms with Crippen LogP contribution in [0.2, 0.25) is 0 Å². The minimum atomic E-state index is -4.18. The summed E-state index contributed by atoms with van der Waals surface area (Å²) >= 11 is 0. The first-order valence-electron chi connectivity index (χ1n) is 5.33. The number of carbonyl (C=O) groups excluding carboxylic acids is 1. The average Bonchev–Trinajstić information content (AvgIpc) is 2.12. The van der Waals surface area contributed by atoms with Crippen LogP contribution in [0.4, 0.5) is 0 Å². The van der Waals surface area contributed by atoms with Crippen molar-refractivity contribution in [1.29, 1.82) is 0 Å². The van der Waals surface area contributed by atoms with Gasteiger partial charge in [-0.05, 0) is 12.3 Å². The van der Waals surface area contributed by atoms with Crippen LogP contribution in [-0.4, -0.2) is 30.7 Å². The molecule has 0 aromatic carbocycles. The van der Waals surface area contributed by atoms with Gasteiger partial charge in [-0.15, -0.1) is 0 Å². The number of carboxylic acid groups (broad SMARTS) is 1. The molecule has 0 spiro atoms. The maximum absolute atomic E-state index is 11.8. The number of carboxylic acids is 1. The summed E-state index contributed by atoms with van der Waals surface area (Å²) in [6.07, 6.45) is 0.731. The van der Waals surface area contributed by atoms with Crippen molar-refractivity contribution in [3.8, 4) is 0 Å². The molecule has 104 valence electrons. The highest BCUT2D eigenvalue weighted by molar-refractivity contribution is 8.09. The molecule has 0 aliphatic carbocycles. The lowest BCUT2D eigenvalue weighted by Gasteiger charge is -2.15. The normalized spacial score (nSPS) is 15.3. The van der Waals surface area contributed by atoms with E-state index in [1.54, 1.807) is 20.8 Å². The highest BCUT2D eigenvalue weighted by Crippen LogP contribution is 2.21. The molecule has 0 aromatic rings. The predicted molar refractivity (Wildman–Crippen MR) is 67.4 cm³/mol. The molecule has 3 N–H and O–H groups in total. The lowest BCUT2D eigenvalue weighted by atomic mass is 9.96. The number of hydrogen-bond donors (Lipinski definition) is 2. The Morgan fingerprint density at radius 3 is 2.11 bits per heavy atom. The fraction of sp³-hybridized carbons (Fsp3) is 0.636. The molecule has 0 unspecified atom stereocenters. The molecule has 0 saturated heterocycles. The largest absolute Gasteiger partial charge is 0.481 e. The summed E-state index contributed by atoms with van der Waals surface area (Å²) in [5.74, 6) is -1.32. The predicted octanol–water partition coefficient (Wildman–Crippen LogP) is 0.680. The van der Waals surface area contributed by atoms with E-state index in [1.807, 2.05) is 0 Å². The van der Waals surface area contributed by atoms with E-state index in [4.69, 9.17) is 10.8 Å². The van der Waals surface area contributed by atoms with Crippen LogP contribution in [0.1, 0.15) is 34.1 Å². The molecule has 0 amide bonds. The molecule has 1 atom stereocenters. The molecule has 0 aliphatic rings. The van der Waals surface area contributed by atoms with E-state index in [2.05, 4.69) is 0 Å². The first kappa shape index (κ1) is 16.8. The molecule has 0 aliphatic heterocycles. The molecule has 7 heteroatoms. The Morgan fingerprint density at radius 2 is 1.78 bits per heavy atom. The van der Waals surface area contributed by atoms with Crippen LogP contribution in [0.5, 0.6) is 0 Å². The van der Waals surface area contributed by atoms with Crippen molar-refractivity contribution in [2.45, 2.75) is 40.2 Å². The van der Waals surface area contributed by atoms with E-state index in [0.29, 0.717) is 0 Å². The standard InChI is InChI=1S/C11H19NO5S/c1-7(6-11(2,3)4)18(16,17)10(15)8(12)5-9(13)14/h6,8H,5,12H2,1-4H3,(H,13,14)/t8-/m0/s1. The van der Waals surface area contributed by atoms with Crippen molar-refractivity contribution in [3.05, 3.63) is 11.0 Å². The van der Waals surface area contributed by atoms with Crippen LogP contribution in [0.25, 0.3) is 0 Å². The van der Waals surface area contributed by atoms with Gasteiger partial charge in [-0.3, -0.25) is 9.59 Å². The number of aliphatic carboxylic acids is 1. The number of nitrogens with two attached hydrogens (primary N) is 1. The van der Waals surface area contributed by atoms with E-state index in [1.165, 1.54) is 13.0 Å². The zero-order valence-corrected chi connectivity index (χ0v) is 11.7. The SMILES string of the molecule is CC(=CC(C)(C)C)S(=O)(=O)C(=O)[C@@H](N)CC(=O)O. The summed E-state index contributed by atoms with van der Waals surface area (Å²) in [6.45, 7) is 6.65. The van der Waals surface area contributed by atoms with Gasteiger partial charge in [-0.25, -0.2) is 8.42 Å². The molecular formula is C11H19NO5S. The van der Waals surface area contributed by atoms with Gasteiger partial charge in [0.15, 0.2) is 0 Å². The molecule has 0 aromatic heterocycles. The Kier molecular flexibility index (Phi) is 5.24. The summed E-state index contributed by atoms with van der Waals surface area (Å²) in [6, 6.07) is -1.55. The second-order valence-electron chi connectivity index (χ2n) is 5.15. The number of allylic oxidation sites excluding steroid dienone is 2. The van der Waals surface area contributed by atoms with Crippen molar-refractivity contribution in [1.82, 2.24) is 0 Å². The maximum atomic E-state index is 11.8. The van der Waals surface area contributed by atoms with Gasteiger partial charge in [-0.2, -0.15) is 0 Å². The van der Waals surface area contributed by atoms with Crippen LogP contribution in [0, 0.1) is 5.41 Å². The summed E-state index contributed by atoms with van der Waals surface area (Å²) in [4.78, 5) is 21.9. The van der Waals surface area contributed by atoms with E-state index in [0.717, 1.165) is 0 Å². The monoisotopic (exact) mass is 277 g/mol. The molecule has 6 nitrogen and oxygen atoms in total. The molecule has 0 saturated carbocycles. The molecule has 0 bridgehead atoms. The number of hydrogen-bond acceptors (Lipinski definition) is 5. The molecular weight excluding hydrogens is 258 g/mol. The average molecular weight is 277 g/mol. The second kappa shape index (κ2) is 5.62. The molecule has 18 heavy (non-hydrogen) atoms. The Balaban J connectivity index is 5.23. The maximum Gasteiger partial charge on any atom is 0.305 e. The highest BCUT2D eigenvalue weighted by Gasteiger charge is 2.31. The van der Waals surface area contributed by atoms with E-state index in [-0.39, 0.29) is 4.91 Å². The van der Waals surface area contributed by atoms with Gasteiger partial charge in [-0.1, -0.05) is 26.8 Å². The Bertz CT molecular complexity index is 470. The molecule has 0 heterocycles. The van der Waals surface area contributed by atoms with Crippen LogP contribution in [0.3, 0.4) is 0 Å². The van der Waals surface area contributed by atoms with Crippen LogP contribution >= 0.6 is 0 Å². The molecule has 0 rings (SSSR count). The number of sulfone groups is 1. The summed E-state index contributed by atoms with van der Waals surface area (Å²) < 4.78 is 23.7. The van der Waals surface area contributed by atoms with Gasteiger partial charge in [0.2, 0.25) is 9.84 Å². The van der Waals surface area contributed by atoms with Gasteiger partial charge in [0, 0.05) is 4.91 Å². The van der Waals surface area contributed by atoms with Crippen LogP contribution < -0.4 is 5.73 Å². The third kappa shape index (κ3) is 4.97. The van der Waals surface area contributed by atoms with Gasteiger partial charge in [0.1, 0.15) is 0 Å². The first-order valence-corrected chi connectivity index (χ1v) is 6.82. The van der Waals surface area contributed by atoms with Gasteiger partial charge in [0.05, 0.1) is 12.5 Å². The Labute approximate surface area is 107 Å². The summed E-state index contributed by atoms with van der Waals surface area (Å²) in [5.41, 5.74) is 4.86.